The fraction of sp³-hybridized carbons (Fsp3) is 0.724. The van der Waals surface area contributed by atoms with Crippen molar-refractivity contribution in [2.24, 2.45) is 23.7 Å². The standard InChI is InChI=1S/C29H44O/c1-3-5-7-8-22-9-10-24-19-25(12-11-23(24)18-22)26-13-14-28-21-29(30-17-6-4-2)16-15-27(28)20-26/h4,6,9-10,18,25-29H,3,5,7-8,11-17,19-21H2,1-2H3/b6-4+/t25?,26?,27-,28?,29-/m1/s1. The van der Waals surface area contributed by atoms with Gasteiger partial charge in [-0.05, 0) is 118 Å². The van der Waals surface area contributed by atoms with Gasteiger partial charge in [0.2, 0.25) is 0 Å². The molecule has 0 spiro atoms. The molecule has 3 unspecified atom stereocenters. The summed E-state index contributed by atoms with van der Waals surface area (Å²) in [7, 11) is 0. The van der Waals surface area contributed by atoms with Crippen LogP contribution in [0.25, 0.3) is 0 Å². The third-order valence-electron chi connectivity index (χ3n) is 8.54. The van der Waals surface area contributed by atoms with Gasteiger partial charge in [0.15, 0.2) is 0 Å². The smallest absolute Gasteiger partial charge is 0.0651 e. The van der Waals surface area contributed by atoms with Crippen LogP contribution in [0.1, 0.15) is 94.7 Å². The van der Waals surface area contributed by atoms with E-state index in [0.717, 1.165) is 30.3 Å². The van der Waals surface area contributed by atoms with E-state index in [1.54, 1.807) is 16.7 Å². The van der Waals surface area contributed by atoms with Gasteiger partial charge in [-0.15, -0.1) is 0 Å². The van der Waals surface area contributed by atoms with Crippen molar-refractivity contribution in [1.29, 1.82) is 0 Å². The largest absolute Gasteiger partial charge is 0.374 e. The molecule has 0 bridgehead atoms. The summed E-state index contributed by atoms with van der Waals surface area (Å²) in [5.74, 6) is 3.83. The molecule has 2 fully saturated rings. The van der Waals surface area contributed by atoms with Crippen LogP contribution in [0, 0.1) is 23.7 Å². The first-order valence-electron chi connectivity index (χ1n) is 13.1. The summed E-state index contributed by atoms with van der Waals surface area (Å²) in [5.41, 5.74) is 4.93. The number of allylic oxidation sites excluding steroid dienone is 1. The summed E-state index contributed by atoms with van der Waals surface area (Å²) >= 11 is 0. The summed E-state index contributed by atoms with van der Waals surface area (Å²) in [4.78, 5) is 0. The molecule has 30 heavy (non-hydrogen) atoms. The maximum Gasteiger partial charge on any atom is 0.0651 e. The molecule has 0 radical (unpaired) electrons. The molecule has 3 aliphatic rings. The molecule has 2 saturated carbocycles. The minimum Gasteiger partial charge on any atom is -0.374 e. The average Bonchev–Trinajstić information content (AvgIpc) is 2.78. The molecule has 0 saturated heterocycles. The molecule has 1 nitrogen and oxygen atoms in total. The van der Waals surface area contributed by atoms with E-state index in [1.807, 2.05) is 0 Å². The normalized spacial score (nSPS) is 31.5. The average molecular weight is 409 g/mol. The Bertz CT molecular complexity index is 690. The van der Waals surface area contributed by atoms with Crippen LogP contribution < -0.4 is 0 Å². The molecule has 1 aromatic carbocycles. The van der Waals surface area contributed by atoms with E-state index in [-0.39, 0.29) is 0 Å². The minimum atomic E-state index is 0.520. The van der Waals surface area contributed by atoms with Crippen LogP contribution >= 0.6 is 0 Å². The second-order valence-corrected chi connectivity index (χ2v) is 10.5. The molecule has 166 valence electrons. The Hall–Kier alpha value is -1.08. The van der Waals surface area contributed by atoms with Crippen molar-refractivity contribution in [2.45, 2.75) is 103 Å². The molecule has 3 aliphatic carbocycles. The van der Waals surface area contributed by atoms with Gasteiger partial charge in [0.1, 0.15) is 0 Å². The SMILES string of the molecule is C/C=C/CO[C@@H]1CC[C@@H]2CC(C3CCc4cc(CCCCC)ccc4C3)CCC2C1. The van der Waals surface area contributed by atoms with Gasteiger partial charge in [-0.25, -0.2) is 0 Å². The van der Waals surface area contributed by atoms with Crippen molar-refractivity contribution in [3.05, 3.63) is 47.0 Å². The molecule has 1 heteroatoms. The monoisotopic (exact) mass is 408 g/mol. The number of fused-ring (bicyclic) bond motifs is 2. The highest BCUT2D eigenvalue weighted by Crippen LogP contribution is 2.47. The lowest BCUT2D eigenvalue weighted by Gasteiger charge is -2.45. The number of unbranched alkanes of at least 4 members (excludes halogenated alkanes) is 2. The number of benzene rings is 1. The lowest BCUT2D eigenvalue weighted by Crippen LogP contribution is -2.37. The van der Waals surface area contributed by atoms with E-state index in [4.69, 9.17) is 4.74 Å². The Morgan fingerprint density at radius 1 is 0.900 bits per heavy atom. The highest BCUT2D eigenvalue weighted by atomic mass is 16.5. The van der Waals surface area contributed by atoms with Crippen LogP contribution in [0.15, 0.2) is 30.4 Å². The number of rotatable bonds is 8. The summed E-state index contributed by atoms with van der Waals surface area (Å²) in [5, 5.41) is 0. The molecule has 0 N–H and O–H groups in total. The number of hydrogen-bond acceptors (Lipinski definition) is 1. The Kier molecular flexibility index (Phi) is 8.10. The first-order valence-corrected chi connectivity index (χ1v) is 13.1. The molecule has 4 rings (SSSR count). The summed E-state index contributed by atoms with van der Waals surface area (Å²) in [6, 6.07) is 7.47. The van der Waals surface area contributed by atoms with Crippen molar-refractivity contribution >= 4 is 0 Å². The van der Waals surface area contributed by atoms with Crippen molar-refractivity contribution in [2.75, 3.05) is 6.61 Å². The Balaban J connectivity index is 1.28. The predicted octanol–water partition coefficient (Wildman–Crippen LogP) is 7.70. The van der Waals surface area contributed by atoms with Gasteiger partial charge in [-0.2, -0.15) is 0 Å². The van der Waals surface area contributed by atoms with Gasteiger partial charge in [0, 0.05) is 0 Å². The summed E-state index contributed by atoms with van der Waals surface area (Å²) in [6.45, 7) is 5.19. The zero-order valence-corrected chi connectivity index (χ0v) is 19.6. The highest BCUT2D eigenvalue weighted by Gasteiger charge is 2.38. The van der Waals surface area contributed by atoms with Crippen LogP contribution in [0.5, 0.6) is 0 Å². The van der Waals surface area contributed by atoms with Gasteiger partial charge in [-0.1, -0.05) is 50.1 Å². The number of ether oxygens (including phenoxy) is 1. The Morgan fingerprint density at radius 2 is 1.70 bits per heavy atom. The van der Waals surface area contributed by atoms with Crippen molar-refractivity contribution < 1.29 is 4.74 Å². The second kappa shape index (κ2) is 11.0. The molecule has 0 aromatic heterocycles. The third-order valence-corrected chi connectivity index (χ3v) is 8.54. The van der Waals surface area contributed by atoms with Crippen molar-refractivity contribution in [3.63, 3.8) is 0 Å². The molecule has 0 heterocycles. The van der Waals surface area contributed by atoms with Gasteiger partial charge >= 0.3 is 0 Å². The van der Waals surface area contributed by atoms with Gasteiger partial charge in [0.25, 0.3) is 0 Å². The Morgan fingerprint density at radius 3 is 2.53 bits per heavy atom. The second-order valence-electron chi connectivity index (χ2n) is 10.5. The lowest BCUT2D eigenvalue weighted by molar-refractivity contribution is -0.0138. The van der Waals surface area contributed by atoms with E-state index < -0.39 is 0 Å². The highest BCUT2D eigenvalue weighted by molar-refractivity contribution is 5.34. The van der Waals surface area contributed by atoms with Gasteiger partial charge in [-0.3, -0.25) is 0 Å². The first kappa shape index (κ1) is 22.1. The zero-order chi connectivity index (χ0) is 20.8. The van der Waals surface area contributed by atoms with Crippen LogP contribution in [-0.4, -0.2) is 12.7 Å². The lowest BCUT2D eigenvalue weighted by atomic mass is 9.62. The third kappa shape index (κ3) is 5.58. The van der Waals surface area contributed by atoms with E-state index >= 15 is 0 Å². The Labute approximate surface area is 185 Å². The first-order chi connectivity index (χ1) is 14.8. The van der Waals surface area contributed by atoms with E-state index in [9.17, 15) is 0 Å². The number of hydrogen-bond donors (Lipinski definition) is 0. The predicted molar refractivity (Wildman–Crippen MR) is 128 cm³/mol. The molecule has 0 amide bonds. The van der Waals surface area contributed by atoms with E-state index in [2.05, 4.69) is 44.2 Å². The van der Waals surface area contributed by atoms with E-state index in [0.29, 0.717) is 6.10 Å². The minimum absolute atomic E-state index is 0.520. The van der Waals surface area contributed by atoms with E-state index in [1.165, 1.54) is 83.5 Å². The summed E-state index contributed by atoms with van der Waals surface area (Å²) < 4.78 is 6.11. The quantitative estimate of drug-likeness (QED) is 0.316. The molecular weight excluding hydrogens is 364 g/mol. The molecule has 0 aliphatic heterocycles. The van der Waals surface area contributed by atoms with Crippen molar-refractivity contribution in [3.8, 4) is 0 Å². The fourth-order valence-electron chi connectivity index (χ4n) is 6.72. The van der Waals surface area contributed by atoms with Gasteiger partial charge in [0.05, 0.1) is 12.7 Å². The van der Waals surface area contributed by atoms with Crippen LogP contribution in [0.2, 0.25) is 0 Å². The van der Waals surface area contributed by atoms with Crippen LogP contribution in [0.4, 0.5) is 0 Å². The zero-order valence-electron chi connectivity index (χ0n) is 19.6. The van der Waals surface area contributed by atoms with Crippen molar-refractivity contribution in [1.82, 2.24) is 0 Å². The maximum atomic E-state index is 6.11. The molecule has 1 aromatic rings. The molecular formula is C29H44O. The van der Waals surface area contributed by atoms with Gasteiger partial charge < -0.3 is 4.74 Å². The molecule has 5 atom stereocenters. The van der Waals surface area contributed by atoms with Crippen LogP contribution in [0.3, 0.4) is 0 Å². The topological polar surface area (TPSA) is 9.23 Å². The summed E-state index contributed by atoms with van der Waals surface area (Å²) in [6.07, 6.45) is 22.6. The fourth-order valence-corrected chi connectivity index (χ4v) is 6.72. The maximum absolute atomic E-state index is 6.11. The van der Waals surface area contributed by atoms with Crippen LogP contribution in [-0.2, 0) is 24.0 Å². The number of aryl methyl sites for hydroxylation is 2.